The molecule has 8 heteroatoms. The summed E-state index contributed by atoms with van der Waals surface area (Å²) in [7, 11) is 0. The molecule has 3 N–H and O–H groups in total. The molecule has 152 valence electrons. The second kappa shape index (κ2) is 9.69. The van der Waals surface area contributed by atoms with Gasteiger partial charge in [-0.2, -0.15) is 5.10 Å². The largest absolute Gasteiger partial charge is 0.506 e. The molecule has 0 aliphatic heterocycles. The van der Waals surface area contributed by atoms with Crippen molar-refractivity contribution in [1.82, 2.24) is 5.43 Å². The first kappa shape index (κ1) is 21.7. The van der Waals surface area contributed by atoms with Gasteiger partial charge >= 0.3 is 0 Å². The maximum atomic E-state index is 12.6. The first-order valence-electron chi connectivity index (χ1n) is 8.83. The number of hydrazone groups is 1. The lowest BCUT2D eigenvalue weighted by atomic mass is 10.1. The first-order chi connectivity index (χ1) is 14.3. The van der Waals surface area contributed by atoms with E-state index in [1.807, 2.05) is 19.1 Å². The van der Waals surface area contributed by atoms with Crippen LogP contribution in [0, 0.1) is 6.92 Å². The van der Waals surface area contributed by atoms with Crippen molar-refractivity contribution in [1.29, 1.82) is 0 Å². The predicted molar refractivity (Wildman–Crippen MR) is 124 cm³/mol. The van der Waals surface area contributed by atoms with E-state index in [-0.39, 0.29) is 17.2 Å². The molecule has 0 aliphatic carbocycles. The van der Waals surface area contributed by atoms with Gasteiger partial charge < -0.3 is 10.4 Å². The van der Waals surface area contributed by atoms with E-state index in [4.69, 9.17) is 0 Å². The minimum Gasteiger partial charge on any atom is -0.506 e. The maximum absolute atomic E-state index is 12.6. The summed E-state index contributed by atoms with van der Waals surface area (Å²) in [5, 5.41) is 16.7. The van der Waals surface area contributed by atoms with E-state index in [0.717, 1.165) is 10.0 Å². The standard InChI is InChI=1S/C22H17Br2N3O3/c1-13-6-8-14(9-7-13)21(29)26-19-5-3-2-4-17(19)22(30)27-25-12-15-10-16(23)11-18(24)20(15)28/h2-12,28H,1H3,(H,26,29)(H,27,30)/b25-12-. The van der Waals surface area contributed by atoms with Gasteiger partial charge in [0.1, 0.15) is 5.75 Å². The summed E-state index contributed by atoms with van der Waals surface area (Å²) in [5.74, 6) is -0.816. The van der Waals surface area contributed by atoms with Gasteiger partial charge in [0.2, 0.25) is 0 Å². The molecule has 0 spiro atoms. The fraction of sp³-hybridized carbons (Fsp3) is 0.0455. The Bertz CT molecular complexity index is 1130. The molecule has 3 rings (SSSR count). The number of halogens is 2. The number of nitrogens with one attached hydrogen (secondary N) is 2. The van der Waals surface area contributed by atoms with Gasteiger partial charge in [0, 0.05) is 15.6 Å². The Morgan fingerprint density at radius 2 is 1.70 bits per heavy atom. The third-order valence-corrected chi connectivity index (χ3v) is 5.22. The SMILES string of the molecule is Cc1ccc(C(=O)Nc2ccccc2C(=O)N/N=C\c2cc(Br)cc(Br)c2O)cc1. The molecule has 0 bridgehead atoms. The van der Waals surface area contributed by atoms with E-state index in [2.05, 4.69) is 47.7 Å². The summed E-state index contributed by atoms with van der Waals surface area (Å²) in [4.78, 5) is 25.1. The van der Waals surface area contributed by atoms with Crippen molar-refractivity contribution in [3.63, 3.8) is 0 Å². The number of hydrogen-bond acceptors (Lipinski definition) is 4. The van der Waals surface area contributed by atoms with E-state index in [9.17, 15) is 14.7 Å². The summed E-state index contributed by atoms with van der Waals surface area (Å²) in [5.41, 5.74) is 4.99. The third kappa shape index (κ3) is 5.34. The molecule has 30 heavy (non-hydrogen) atoms. The highest BCUT2D eigenvalue weighted by Gasteiger charge is 2.14. The van der Waals surface area contributed by atoms with Crippen molar-refractivity contribution in [2.45, 2.75) is 6.92 Å². The molecule has 6 nitrogen and oxygen atoms in total. The summed E-state index contributed by atoms with van der Waals surface area (Å²) in [6.45, 7) is 1.94. The minimum atomic E-state index is -0.500. The summed E-state index contributed by atoms with van der Waals surface area (Å²) in [6, 6.07) is 17.1. The van der Waals surface area contributed by atoms with Crippen molar-refractivity contribution in [2.24, 2.45) is 5.10 Å². The lowest BCUT2D eigenvalue weighted by Crippen LogP contribution is -2.21. The highest BCUT2D eigenvalue weighted by Crippen LogP contribution is 2.30. The monoisotopic (exact) mass is 529 g/mol. The predicted octanol–water partition coefficient (Wildman–Crippen LogP) is 5.24. The van der Waals surface area contributed by atoms with Crippen LogP contribution >= 0.6 is 31.9 Å². The molecule has 2 amide bonds. The van der Waals surface area contributed by atoms with E-state index in [1.165, 1.54) is 6.21 Å². The lowest BCUT2D eigenvalue weighted by molar-refractivity contribution is 0.0956. The number of hydrogen-bond donors (Lipinski definition) is 3. The van der Waals surface area contributed by atoms with E-state index >= 15 is 0 Å². The van der Waals surface area contributed by atoms with Crippen molar-refractivity contribution >= 4 is 55.6 Å². The van der Waals surface area contributed by atoms with Gasteiger partial charge in [-0.3, -0.25) is 9.59 Å². The molecule has 0 aromatic heterocycles. The van der Waals surface area contributed by atoms with Gasteiger partial charge in [-0.15, -0.1) is 0 Å². The van der Waals surface area contributed by atoms with Crippen LogP contribution in [-0.2, 0) is 0 Å². The zero-order valence-electron chi connectivity index (χ0n) is 15.8. The first-order valence-corrected chi connectivity index (χ1v) is 10.4. The quantitative estimate of drug-likeness (QED) is 0.311. The van der Waals surface area contributed by atoms with Crippen LogP contribution < -0.4 is 10.7 Å². The molecule has 0 saturated heterocycles. The van der Waals surface area contributed by atoms with Crippen molar-refractivity contribution < 1.29 is 14.7 Å². The average molecular weight is 531 g/mol. The summed E-state index contributed by atoms with van der Waals surface area (Å²) in [6.07, 6.45) is 1.33. The highest BCUT2D eigenvalue weighted by atomic mass is 79.9. The van der Waals surface area contributed by atoms with Crippen molar-refractivity contribution in [3.05, 3.63) is 91.9 Å². The van der Waals surface area contributed by atoms with E-state index < -0.39 is 5.91 Å². The Labute approximate surface area is 190 Å². The van der Waals surface area contributed by atoms with Gasteiger partial charge in [-0.1, -0.05) is 45.8 Å². The molecule has 0 unspecified atom stereocenters. The number of benzene rings is 3. The number of nitrogens with zero attached hydrogens (tertiary/aromatic N) is 1. The molecule has 0 saturated carbocycles. The van der Waals surface area contributed by atoms with Gasteiger partial charge in [0.15, 0.2) is 0 Å². The van der Waals surface area contributed by atoms with Crippen molar-refractivity contribution in [2.75, 3.05) is 5.32 Å². The van der Waals surface area contributed by atoms with Crippen molar-refractivity contribution in [3.8, 4) is 5.75 Å². The Balaban J connectivity index is 1.74. The molecule has 3 aromatic rings. The van der Waals surface area contributed by atoms with Gasteiger partial charge in [0.25, 0.3) is 11.8 Å². The molecule has 0 radical (unpaired) electrons. The number of aryl methyl sites for hydroxylation is 1. The van der Waals surface area contributed by atoms with Crippen LogP contribution in [0.4, 0.5) is 5.69 Å². The summed E-state index contributed by atoms with van der Waals surface area (Å²) >= 11 is 6.57. The van der Waals surface area contributed by atoms with Gasteiger partial charge in [0.05, 0.1) is 21.9 Å². The zero-order chi connectivity index (χ0) is 21.7. The normalized spacial score (nSPS) is 10.8. The molecule has 0 atom stereocenters. The molecule has 0 heterocycles. The third-order valence-electron chi connectivity index (χ3n) is 4.16. The van der Waals surface area contributed by atoms with E-state index in [1.54, 1.807) is 48.5 Å². The fourth-order valence-electron chi connectivity index (χ4n) is 2.59. The van der Waals surface area contributed by atoms with Crippen LogP contribution in [0.25, 0.3) is 0 Å². The van der Waals surface area contributed by atoms with Gasteiger partial charge in [-0.05, 0) is 59.3 Å². The number of carbonyl (C=O) groups excluding carboxylic acids is 2. The Hall–Kier alpha value is -2.97. The fourth-order valence-corrected chi connectivity index (χ4v) is 3.85. The summed E-state index contributed by atoms with van der Waals surface area (Å²) < 4.78 is 1.23. The van der Waals surface area contributed by atoms with E-state index in [0.29, 0.717) is 21.3 Å². The number of para-hydroxylation sites is 1. The second-order valence-corrected chi connectivity index (χ2v) is 8.16. The molecular formula is C22H17Br2N3O3. The van der Waals surface area contributed by atoms with Crippen LogP contribution in [0.5, 0.6) is 5.75 Å². The van der Waals surface area contributed by atoms with Crippen LogP contribution in [-0.4, -0.2) is 23.1 Å². The maximum Gasteiger partial charge on any atom is 0.273 e. The minimum absolute atomic E-state index is 0.00182. The topological polar surface area (TPSA) is 90.8 Å². The smallest absolute Gasteiger partial charge is 0.273 e. The lowest BCUT2D eigenvalue weighted by Gasteiger charge is -2.10. The average Bonchev–Trinajstić information content (AvgIpc) is 2.72. The van der Waals surface area contributed by atoms with Crippen LogP contribution in [0.15, 0.2) is 74.7 Å². The Morgan fingerprint density at radius 3 is 2.43 bits per heavy atom. The number of carbonyl (C=O) groups is 2. The number of anilines is 1. The zero-order valence-corrected chi connectivity index (χ0v) is 19.0. The number of aromatic hydroxyl groups is 1. The Kier molecular flexibility index (Phi) is 7.02. The van der Waals surface area contributed by atoms with Crippen LogP contribution in [0.1, 0.15) is 31.8 Å². The molecule has 3 aromatic carbocycles. The van der Waals surface area contributed by atoms with Gasteiger partial charge in [-0.25, -0.2) is 5.43 Å². The number of phenols is 1. The molecule has 0 aliphatic rings. The van der Waals surface area contributed by atoms with Crippen LogP contribution in [0.2, 0.25) is 0 Å². The number of phenolic OH excluding ortho intramolecular Hbond substituents is 1. The number of amides is 2. The highest BCUT2D eigenvalue weighted by molar-refractivity contribution is 9.11. The molecule has 0 fully saturated rings. The second-order valence-electron chi connectivity index (χ2n) is 6.39. The number of rotatable bonds is 5. The van der Waals surface area contributed by atoms with Crippen LogP contribution in [0.3, 0.4) is 0 Å². The Morgan fingerprint density at radius 1 is 1.00 bits per heavy atom. The molecular weight excluding hydrogens is 514 g/mol.